The van der Waals surface area contributed by atoms with Crippen LogP contribution in [0.15, 0.2) is 54.6 Å². The summed E-state index contributed by atoms with van der Waals surface area (Å²) in [4.78, 5) is 0. The Labute approximate surface area is 133 Å². The lowest BCUT2D eigenvalue weighted by atomic mass is 10.1. The zero-order chi connectivity index (χ0) is 16.1. The van der Waals surface area contributed by atoms with Crippen molar-refractivity contribution in [2.75, 3.05) is 0 Å². The predicted octanol–water partition coefficient (Wildman–Crippen LogP) is 4.35. The molecule has 8 heteroatoms. The number of rotatable bonds is 1. The van der Waals surface area contributed by atoms with Crippen molar-refractivity contribution >= 4 is 32.7 Å². The minimum absolute atomic E-state index is 1.28. The van der Waals surface area contributed by atoms with Crippen LogP contribution in [-0.4, -0.2) is 18.5 Å². The van der Waals surface area contributed by atoms with E-state index in [4.69, 9.17) is 13.0 Å². The van der Waals surface area contributed by atoms with Crippen LogP contribution in [-0.2, 0) is 10.1 Å². The van der Waals surface area contributed by atoms with Crippen LogP contribution in [0.25, 0.3) is 11.1 Å². The molecule has 2 rings (SSSR count). The Balaban J connectivity index is 0.000000240. The quantitative estimate of drug-likeness (QED) is 0.416. The van der Waals surface area contributed by atoms with Crippen LogP contribution in [0, 0.1) is 3.57 Å². The van der Waals surface area contributed by atoms with Crippen molar-refractivity contribution in [1.29, 1.82) is 0 Å². The number of hydrogen-bond donors (Lipinski definition) is 1. The highest BCUT2D eigenvalue weighted by Gasteiger charge is 2.44. The van der Waals surface area contributed by atoms with Gasteiger partial charge in [-0.25, -0.2) is 0 Å². The SMILES string of the molecule is Ic1ccc(-c2ccccc2)cc1.O=S(=O)(O)C(F)(F)F. The van der Waals surface area contributed by atoms with Gasteiger partial charge in [-0.2, -0.15) is 21.6 Å². The third-order valence-corrected chi connectivity index (χ3v) is 3.55. The van der Waals surface area contributed by atoms with Crippen LogP contribution in [0.5, 0.6) is 0 Å². The lowest BCUT2D eigenvalue weighted by Crippen LogP contribution is -2.21. The van der Waals surface area contributed by atoms with E-state index in [1.54, 1.807) is 0 Å². The molecule has 0 aliphatic rings. The Bertz CT molecular complexity index is 668. The molecule has 0 unspecified atom stereocenters. The lowest BCUT2D eigenvalue weighted by Gasteiger charge is -2.00. The van der Waals surface area contributed by atoms with Gasteiger partial charge < -0.3 is 0 Å². The highest BCUT2D eigenvalue weighted by atomic mass is 127. The van der Waals surface area contributed by atoms with E-state index < -0.39 is 15.6 Å². The molecule has 114 valence electrons. The summed E-state index contributed by atoms with van der Waals surface area (Å²) in [6, 6.07) is 19.0. The molecule has 3 nitrogen and oxygen atoms in total. The highest BCUT2D eigenvalue weighted by molar-refractivity contribution is 14.1. The van der Waals surface area contributed by atoms with Crippen molar-refractivity contribution in [2.24, 2.45) is 0 Å². The molecule has 2 aromatic carbocycles. The fourth-order valence-electron chi connectivity index (χ4n) is 1.27. The van der Waals surface area contributed by atoms with E-state index in [-0.39, 0.29) is 0 Å². The maximum absolute atomic E-state index is 10.7. The molecule has 21 heavy (non-hydrogen) atoms. The predicted molar refractivity (Wildman–Crippen MR) is 82.2 cm³/mol. The summed E-state index contributed by atoms with van der Waals surface area (Å²) in [5.41, 5.74) is -2.98. The van der Waals surface area contributed by atoms with Crippen molar-refractivity contribution in [3.63, 3.8) is 0 Å². The van der Waals surface area contributed by atoms with E-state index in [0.29, 0.717) is 0 Å². The molecule has 0 saturated heterocycles. The fourth-order valence-corrected chi connectivity index (χ4v) is 1.63. The van der Waals surface area contributed by atoms with Crippen LogP contribution < -0.4 is 0 Å². The normalized spacial score (nSPS) is 11.5. The summed E-state index contributed by atoms with van der Waals surface area (Å²) in [5, 5.41) is 0. The van der Waals surface area contributed by atoms with E-state index in [1.165, 1.54) is 14.7 Å². The van der Waals surface area contributed by atoms with E-state index in [1.807, 2.05) is 6.07 Å². The average Bonchev–Trinajstić information content (AvgIpc) is 2.39. The van der Waals surface area contributed by atoms with Gasteiger partial charge in [0.25, 0.3) is 0 Å². The summed E-state index contributed by atoms with van der Waals surface area (Å²) in [5.74, 6) is 0. The molecular formula is C13H10F3IO3S. The number of halogens is 4. The van der Waals surface area contributed by atoms with Crippen LogP contribution in [0.1, 0.15) is 0 Å². The van der Waals surface area contributed by atoms with Crippen LogP contribution in [0.3, 0.4) is 0 Å². The lowest BCUT2D eigenvalue weighted by molar-refractivity contribution is -0.0510. The molecule has 0 atom stereocenters. The molecule has 0 heterocycles. The topological polar surface area (TPSA) is 54.4 Å². The Kier molecular flexibility index (Phi) is 6.17. The monoisotopic (exact) mass is 430 g/mol. The Hall–Kier alpha value is -1.13. The Morgan fingerprint density at radius 3 is 1.62 bits per heavy atom. The second-order valence-electron chi connectivity index (χ2n) is 3.79. The second kappa shape index (κ2) is 7.23. The van der Waals surface area contributed by atoms with Crippen molar-refractivity contribution in [2.45, 2.75) is 5.51 Å². The third-order valence-electron chi connectivity index (χ3n) is 2.24. The first-order valence-corrected chi connectivity index (χ1v) is 7.98. The minimum atomic E-state index is -5.84. The van der Waals surface area contributed by atoms with Crippen molar-refractivity contribution in [3.8, 4) is 11.1 Å². The molecule has 0 radical (unpaired) electrons. The van der Waals surface area contributed by atoms with Gasteiger partial charge in [0.1, 0.15) is 0 Å². The maximum Gasteiger partial charge on any atom is 0.522 e. The van der Waals surface area contributed by atoms with Crippen molar-refractivity contribution in [1.82, 2.24) is 0 Å². The Morgan fingerprint density at radius 2 is 1.24 bits per heavy atom. The molecule has 1 N–H and O–H groups in total. The molecule has 0 saturated carbocycles. The van der Waals surface area contributed by atoms with Crippen LogP contribution in [0.2, 0.25) is 0 Å². The van der Waals surface area contributed by atoms with Gasteiger partial charge in [-0.1, -0.05) is 42.5 Å². The summed E-state index contributed by atoms with van der Waals surface area (Å²) < 4.78 is 58.8. The molecule has 0 fully saturated rings. The third kappa shape index (κ3) is 6.02. The first-order chi connectivity index (χ1) is 9.61. The first-order valence-electron chi connectivity index (χ1n) is 5.46. The van der Waals surface area contributed by atoms with E-state index in [2.05, 4.69) is 71.1 Å². The minimum Gasteiger partial charge on any atom is -0.279 e. The number of benzene rings is 2. The van der Waals surface area contributed by atoms with Crippen LogP contribution >= 0.6 is 22.6 Å². The molecule has 0 aliphatic carbocycles. The van der Waals surface area contributed by atoms with E-state index in [9.17, 15) is 13.2 Å². The molecule has 0 aromatic heterocycles. The summed E-state index contributed by atoms with van der Waals surface area (Å²) in [7, 11) is -5.84. The van der Waals surface area contributed by atoms with Gasteiger partial charge in [0.2, 0.25) is 0 Å². The fraction of sp³-hybridized carbons (Fsp3) is 0.0769. The van der Waals surface area contributed by atoms with Gasteiger partial charge in [-0.05, 0) is 45.9 Å². The smallest absolute Gasteiger partial charge is 0.279 e. The van der Waals surface area contributed by atoms with Gasteiger partial charge in [-0.15, -0.1) is 0 Å². The number of hydrogen-bond acceptors (Lipinski definition) is 2. The summed E-state index contributed by atoms with van der Waals surface area (Å²) in [6.45, 7) is 0. The highest BCUT2D eigenvalue weighted by Crippen LogP contribution is 2.20. The summed E-state index contributed by atoms with van der Waals surface area (Å²) >= 11 is 2.32. The largest absolute Gasteiger partial charge is 0.522 e. The van der Waals surface area contributed by atoms with Crippen molar-refractivity contribution in [3.05, 3.63) is 58.2 Å². The van der Waals surface area contributed by atoms with Gasteiger partial charge in [-0.3, -0.25) is 4.55 Å². The maximum atomic E-state index is 10.7. The van der Waals surface area contributed by atoms with Crippen molar-refractivity contribution < 1.29 is 26.1 Å². The molecule has 2 aromatic rings. The van der Waals surface area contributed by atoms with Gasteiger partial charge in [0.05, 0.1) is 0 Å². The molecule has 0 spiro atoms. The zero-order valence-electron chi connectivity index (χ0n) is 10.4. The number of alkyl halides is 3. The molecular weight excluding hydrogens is 420 g/mol. The Morgan fingerprint density at radius 1 is 0.857 bits per heavy atom. The van der Waals surface area contributed by atoms with Gasteiger partial charge >= 0.3 is 15.6 Å². The first kappa shape index (κ1) is 17.9. The standard InChI is InChI=1S/C12H9I.CHF3O3S/c13-12-8-6-11(7-9-12)10-4-2-1-3-5-10;2-1(3,4)8(5,6)7/h1-9H;(H,5,6,7). The summed E-state index contributed by atoms with van der Waals surface area (Å²) in [6.07, 6.45) is 0. The zero-order valence-corrected chi connectivity index (χ0v) is 13.4. The van der Waals surface area contributed by atoms with Crippen LogP contribution in [0.4, 0.5) is 13.2 Å². The molecule has 0 amide bonds. The average molecular weight is 430 g/mol. The van der Waals surface area contributed by atoms with E-state index >= 15 is 0 Å². The second-order valence-corrected chi connectivity index (χ2v) is 6.45. The van der Waals surface area contributed by atoms with E-state index in [0.717, 1.165) is 0 Å². The van der Waals surface area contributed by atoms with Gasteiger partial charge in [0, 0.05) is 3.57 Å². The molecule has 0 aliphatic heterocycles. The van der Waals surface area contributed by atoms with Gasteiger partial charge in [0.15, 0.2) is 0 Å². The molecule has 0 bridgehead atoms.